The molecule has 1 aromatic rings. The minimum absolute atomic E-state index is 0.171. The fraction of sp³-hybridized carbons (Fsp3) is 0.375. The van der Waals surface area contributed by atoms with E-state index in [1.54, 1.807) is 0 Å². The van der Waals surface area contributed by atoms with Crippen molar-refractivity contribution in [1.29, 1.82) is 0 Å². The number of nitrogens with zero attached hydrogens (tertiary/aromatic N) is 1. The van der Waals surface area contributed by atoms with Gasteiger partial charge >= 0.3 is 0 Å². The maximum Gasteiger partial charge on any atom is 0.211 e. The van der Waals surface area contributed by atoms with Crippen molar-refractivity contribution in [2.45, 2.75) is 17.5 Å². The van der Waals surface area contributed by atoms with Crippen molar-refractivity contribution in [1.82, 2.24) is 0 Å². The zero-order valence-electron chi connectivity index (χ0n) is 5.94. The first-order chi connectivity index (χ1) is 5.29. The fourth-order valence-corrected chi connectivity index (χ4v) is 1.98. The van der Waals surface area contributed by atoms with Gasteiger partial charge in [0.05, 0.1) is 0 Å². The zero-order chi connectivity index (χ0) is 7.84. The lowest BCUT2D eigenvalue weighted by atomic mass is 10.2. The Kier molecular flexibility index (Phi) is 1.69. The summed E-state index contributed by atoms with van der Waals surface area (Å²) in [5.74, 6) is 0. The molecule has 0 saturated heterocycles. The number of rotatable bonds is 0. The lowest BCUT2D eigenvalue weighted by Gasteiger charge is -1.97. The summed E-state index contributed by atoms with van der Waals surface area (Å²) in [5, 5.41) is 9.58. The van der Waals surface area contributed by atoms with Crippen molar-refractivity contribution < 1.29 is 9.67 Å². The molecule has 0 fully saturated rings. The van der Waals surface area contributed by atoms with E-state index < -0.39 is 0 Å². The van der Waals surface area contributed by atoms with Gasteiger partial charge in [0.25, 0.3) is 0 Å². The third kappa shape index (κ3) is 1.08. The lowest BCUT2D eigenvalue weighted by molar-refractivity contribution is -0.690. The average Bonchev–Trinajstić information content (AvgIpc) is 2.30. The standard InChI is InChI=1S/C8H9BrNO/c9-6-5-10-4-2-1-3-7(10)8(6)11/h1-4,6,8,11H,5H2/q+1/t6-,8+/m0/s1. The van der Waals surface area contributed by atoms with Crippen LogP contribution < -0.4 is 4.57 Å². The Hall–Kier alpha value is -0.410. The van der Waals surface area contributed by atoms with Crippen LogP contribution in [0.5, 0.6) is 0 Å². The summed E-state index contributed by atoms with van der Waals surface area (Å²) in [7, 11) is 0. The number of fused-ring (bicyclic) bond motifs is 1. The van der Waals surface area contributed by atoms with Crippen LogP contribution in [-0.4, -0.2) is 9.93 Å². The molecule has 0 saturated carbocycles. The molecular weight excluding hydrogens is 206 g/mol. The van der Waals surface area contributed by atoms with Crippen molar-refractivity contribution in [3.8, 4) is 0 Å². The van der Waals surface area contributed by atoms with Crippen LogP contribution in [0.15, 0.2) is 24.4 Å². The van der Waals surface area contributed by atoms with Gasteiger partial charge in [-0.1, -0.05) is 22.0 Å². The molecule has 1 aromatic heterocycles. The molecule has 0 radical (unpaired) electrons. The zero-order valence-corrected chi connectivity index (χ0v) is 7.53. The summed E-state index contributed by atoms with van der Waals surface area (Å²) >= 11 is 3.41. The summed E-state index contributed by atoms with van der Waals surface area (Å²) in [6.45, 7) is 0.858. The van der Waals surface area contributed by atoms with Crippen molar-refractivity contribution in [3.05, 3.63) is 30.1 Å². The van der Waals surface area contributed by atoms with Crippen molar-refractivity contribution >= 4 is 15.9 Å². The Bertz CT molecular complexity index is 277. The molecule has 1 aliphatic heterocycles. The van der Waals surface area contributed by atoms with Gasteiger partial charge < -0.3 is 5.11 Å². The van der Waals surface area contributed by atoms with E-state index in [1.807, 2.05) is 24.4 Å². The number of hydrogen-bond donors (Lipinski definition) is 1. The SMILES string of the molecule is O[C@H]1c2cccc[n+]2C[C@@H]1Br. The highest BCUT2D eigenvalue weighted by Gasteiger charge is 2.35. The van der Waals surface area contributed by atoms with Gasteiger partial charge in [0.2, 0.25) is 5.69 Å². The molecule has 0 aromatic carbocycles. The highest BCUT2D eigenvalue weighted by atomic mass is 79.9. The number of alkyl halides is 1. The van der Waals surface area contributed by atoms with Crippen molar-refractivity contribution in [2.75, 3.05) is 0 Å². The van der Waals surface area contributed by atoms with E-state index in [1.165, 1.54) is 0 Å². The number of pyridine rings is 1. The second-order valence-corrected chi connectivity index (χ2v) is 3.91. The van der Waals surface area contributed by atoms with E-state index in [0.717, 1.165) is 12.2 Å². The molecule has 2 heterocycles. The number of aliphatic hydroxyl groups excluding tert-OH is 1. The van der Waals surface area contributed by atoms with E-state index >= 15 is 0 Å². The predicted molar refractivity (Wildman–Crippen MR) is 44.3 cm³/mol. The van der Waals surface area contributed by atoms with E-state index in [-0.39, 0.29) is 10.9 Å². The third-order valence-electron chi connectivity index (χ3n) is 1.99. The van der Waals surface area contributed by atoms with Gasteiger partial charge in [0, 0.05) is 12.1 Å². The Labute approximate surface area is 73.6 Å². The molecule has 2 nitrogen and oxygen atoms in total. The Morgan fingerprint density at radius 3 is 3.09 bits per heavy atom. The maximum absolute atomic E-state index is 9.58. The van der Waals surface area contributed by atoms with Crippen LogP contribution in [0.3, 0.4) is 0 Å². The first-order valence-corrected chi connectivity index (χ1v) is 4.51. The number of aromatic nitrogens is 1. The highest BCUT2D eigenvalue weighted by molar-refractivity contribution is 9.09. The summed E-state index contributed by atoms with van der Waals surface area (Å²) in [6.07, 6.45) is 1.64. The number of aliphatic hydroxyl groups is 1. The quantitative estimate of drug-likeness (QED) is 0.502. The largest absolute Gasteiger partial charge is 0.381 e. The highest BCUT2D eigenvalue weighted by Crippen LogP contribution is 2.24. The second kappa shape index (κ2) is 2.57. The van der Waals surface area contributed by atoms with Crippen molar-refractivity contribution in [3.63, 3.8) is 0 Å². The molecule has 11 heavy (non-hydrogen) atoms. The predicted octanol–water partition coefficient (Wildman–Crippen LogP) is 0.785. The van der Waals surface area contributed by atoms with Crippen LogP contribution in [0.2, 0.25) is 0 Å². The molecular formula is C8H9BrNO+. The van der Waals surface area contributed by atoms with Gasteiger partial charge in [-0.25, -0.2) is 0 Å². The van der Waals surface area contributed by atoms with Crippen molar-refractivity contribution in [2.24, 2.45) is 0 Å². The van der Waals surface area contributed by atoms with Crippen LogP contribution in [-0.2, 0) is 6.54 Å². The van der Waals surface area contributed by atoms with Crippen LogP contribution in [0.25, 0.3) is 0 Å². The molecule has 0 bridgehead atoms. The van der Waals surface area contributed by atoms with Gasteiger partial charge in [-0.15, -0.1) is 0 Å². The summed E-state index contributed by atoms with van der Waals surface area (Å²) in [4.78, 5) is 0.171. The number of hydrogen-bond acceptors (Lipinski definition) is 1. The summed E-state index contributed by atoms with van der Waals surface area (Å²) in [6, 6.07) is 5.87. The molecule has 0 unspecified atom stereocenters. The lowest BCUT2D eigenvalue weighted by Crippen LogP contribution is -2.33. The monoisotopic (exact) mass is 214 g/mol. The maximum atomic E-state index is 9.58. The summed E-state index contributed by atoms with van der Waals surface area (Å²) in [5.41, 5.74) is 0.995. The minimum atomic E-state index is -0.351. The molecule has 58 valence electrons. The van der Waals surface area contributed by atoms with Gasteiger partial charge in [0.1, 0.15) is 4.83 Å². The Balaban J connectivity index is 2.47. The van der Waals surface area contributed by atoms with E-state index in [4.69, 9.17) is 0 Å². The Morgan fingerprint density at radius 2 is 2.36 bits per heavy atom. The van der Waals surface area contributed by atoms with E-state index in [9.17, 15) is 5.11 Å². The van der Waals surface area contributed by atoms with E-state index in [0.29, 0.717) is 0 Å². The molecule has 2 rings (SSSR count). The molecule has 1 aliphatic rings. The first kappa shape index (κ1) is 7.25. The van der Waals surface area contributed by atoms with Crippen LogP contribution in [0.1, 0.15) is 11.8 Å². The Morgan fingerprint density at radius 1 is 1.55 bits per heavy atom. The molecule has 0 amide bonds. The first-order valence-electron chi connectivity index (χ1n) is 3.59. The third-order valence-corrected chi connectivity index (χ3v) is 2.78. The van der Waals surface area contributed by atoms with Crippen LogP contribution in [0, 0.1) is 0 Å². The fourth-order valence-electron chi connectivity index (χ4n) is 1.40. The minimum Gasteiger partial charge on any atom is -0.381 e. The molecule has 0 aliphatic carbocycles. The second-order valence-electron chi connectivity index (χ2n) is 2.74. The topological polar surface area (TPSA) is 24.1 Å². The normalized spacial score (nSPS) is 28.5. The summed E-state index contributed by atoms with van der Waals surface area (Å²) < 4.78 is 2.06. The van der Waals surface area contributed by atoms with Gasteiger partial charge in [0.15, 0.2) is 18.8 Å². The van der Waals surface area contributed by atoms with Gasteiger partial charge in [-0.3, -0.25) is 0 Å². The van der Waals surface area contributed by atoms with E-state index in [2.05, 4.69) is 20.5 Å². The molecule has 3 heteroatoms. The van der Waals surface area contributed by atoms with Gasteiger partial charge in [-0.2, -0.15) is 4.57 Å². The number of halogens is 1. The van der Waals surface area contributed by atoms with Gasteiger partial charge in [-0.05, 0) is 0 Å². The molecule has 0 spiro atoms. The van der Waals surface area contributed by atoms with Crippen LogP contribution >= 0.6 is 15.9 Å². The molecule has 2 atom stereocenters. The smallest absolute Gasteiger partial charge is 0.211 e. The molecule has 1 N–H and O–H groups in total. The van der Waals surface area contributed by atoms with Crippen LogP contribution in [0.4, 0.5) is 0 Å². The average molecular weight is 215 g/mol.